The SMILES string of the molecule is C=CC(=O)OCC(COc1ccccc1)OC(=O)C1CC=CCC1C. The lowest BCUT2D eigenvalue weighted by Crippen LogP contribution is -2.35. The monoisotopic (exact) mass is 344 g/mol. The topological polar surface area (TPSA) is 61.8 Å². The fourth-order valence-corrected chi connectivity index (χ4v) is 2.59. The molecule has 0 aliphatic heterocycles. The van der Waals surface area contributed by atoms with E-state index in [2.05, 4.69) is 12.7 Å². The van der Waals surface area contributed by atoms with Crippen LogP contribution in [0.3, 0.4) is 0 Å². The van der Waals surface area contributed by atoms with E-state index in [9.17, 15) is 9.59 Å². The fourth-order valence-electron chi connectivity index (χ4n) is 2.59. The highest BCUT2D eigenvalue weighted by Crippen LogP contribution is 2.26. The lowest BCUT2D eigenvalue weighted by atomic mass is 9.84. The minimum Gasteiger partial charge on any atom is -0.490 e. The maximum absolute atomic E-state index is 12.5. The summed E-state index contributed by atoms with van der Waals surface area (Å²) in [5, 5.41) is 0. The van der Waals surface area contributed by atoms with Gasteiger partial charge in [0, 0.05) is 6.08 Å². The number of carbonyl (C=O) groups is 2. The van der Waals surface area contributed by atoms with Crippen LogP contribution in [0.2, 0.25) is 0 Å². The van der Waals surface area contributed by atoms with E-state index >= 15 is 0 Å². The van der Waals surface area contributed by atoms with Crippen LogP contribution in [0, 0.1) is 11.8 Å². The van der Waals surface area contributed by atoms with Crippen molar-refractivity contribution in [2.45, 2.75) is 25.9 Å². The van der Waals surface area contributed by atoms with Gasteiger partial charge in [-0.1, -0.05) is 43.9 Å². The summed E-state index contributed by atoms with van der Waals surface area (Å²) in [6.45, 7) is 5.42. The lowest BCUT2D eigenvalue weighted by Gasteiger charge is -2.26. The smallest absolute Gasteiger partial charge is 0.330 e. The van der Waals surface area contributed by atoms with Crippen LogP contribution in [-0.4, -0.2) is 31.3 Å². The van der Waals surface area contributed by atoms with Gasteiger partial charge in [-0.3, -0.25) is 4.79 Å². The largest absolute Gasteiger partial charge is 0.490 e. The van der Waals surface area contributed by atoms with E-state index in [-0.39, 0.29) is 31.0 Å². The zero-order valence-electron chi connectivity index (χ0n) is 14.4. The number of hydrogen-bond acceptors (Lipinski definition) is 5. The summed E-state index contributed by atoms with van der Waals surface area (Å²) in [5.41, 5.74) is 0. The lowest BCUT2D eigenvalue weighted by molar-refractivity contribution is -0.164. The van der Waals surface area contributed by atoms with Gasteiger partial charge in [0.15, 0.2) is 6.10 Å². The molecule has 3 atom stereocenters. The third kappa shape index (κ3) is 6.10. The van der Waals surface area contributed by atoms with E-state index in [1.54, 1.807) is 0 Å². The van der Waals surface area contributed by atoms with Crippen molar-refractivity contribution in [3.05, 3.63) is 55.1 Å². The van der Waals surface area contributed by atoms with Gasteiger partial charge in [-0.25, -0.2) is 4.79 Å². The fraction of sp³-hybridized carbons (Fsp3) is 0.400. The Morgan fingerprint density at radius 1 is 1.20 bits per heavy atom. The number of esters is 2. The Hall–Kier alpha value is -2.56. The minimum atomic E-state index is -0.672. The molecule has 134 valence electrons. The highest BCUT2D eigenvalue weighted by Gasteiger charge is 2.29. The van der Waals surface area contributed by atoms with Gasteiger partial charge in [0.05, 0.1) is 5.92 Å². The quantitative estimate of drug-likeness (QED) is 0.411. The van der Waals surface area contributed by atoms with Gasteiger partial charge in [-0.15, -0.1) is 0 Å². The van der Waals surface area contributed by atoms with Gasteiger partial charge >= 0.3 is 11.9 Å². The summed E-state index contributed by atoms with van der Waals surface area (Å²) in [6.07, 6.45) is 6.00. The molecule has 1 aromatic carbocycles. The molecule has 0 spiro atoms. The zero-order chi connectivity index (χ0) is 18.1. The Labute approximate surface area is 148 Å². The van der Waals surface area contributed by atoms with Gasteiger partial charge in [0.2, 0.25) is 0 Å². The molecule has 0 amide bonds. The zero-order valence-corrected chi connectivity index (χ0v) is 14.4. The highest BCUT2D eigenvalue weighted by molar-refractivity contribution is 5.81. The van der Waals surface area contributed by atoms with Gasteiger partial charge in [0.1, 0.15) is 19.0 Å². The molecule has 1 aliphatic carbocycles. The maximum Gasteiger partial charge on any atom is 0.330 e. The molecule has 25 heavy (non-hydrogen) atoms. The molecule has 1 aliphatic rings. The number of benzene rings is 1. The van der Waals surface area contributed by atoms with Gasteiger partial charge in [0.25, 0.3) is 0 Å². The van der Waals surface area contributed by atoms with E-state index in [0.29, 0.717) is 12.2 Å². The molecule has 0 N–H and O–H groups in total. The number of rotatable bonds is 8. The van der Waals surface area contributed by atoms with Crippen LogP contribution >= 0.6 is 0 Å². The molecule has 0 bridgehead atoms. The van der Waals surface area contributed by atoms with Crippen molar-refractivity contribution >= 4 is 11.9 Å². The molecule has 0 fully saturated rings. The number of carbonyl (C=O) groups excluding carboxylic acids is 2. The Morgan fingerprint density at radius 2 is 1.92 bits per heavy atom. The summed E-state index contributed by atoms with van der Waals surface area (Å²) in [6, 6.07) is 9.20. The molecule has 5 heteroatoms. The number of para-hydroxylation sites is 1. The van der Waals surface area contributed by atoms with Crippen molar-refractivity contribution in [2.24, 2.45) is 11.8 Å². The van der Waals surface area contributed by atoms with E-state index in [4.69, 9.17) is 14.2 Å². The number of ether oxygens (including phenoxy) is 3. The van der Waals surface area contributed by atoms with Crippen LogP contribution in [-0.2, 0) is 19.1 Å². The normalized spacial score (nSPS) is 20.4. The standard InChI is InChI=1S/C20H24O5/c1-3-19(21)24-14-17(13-23-16-10-5-4-6-11-16)25-20(22)18-12-8-7-9-15(18)2/h3-8,10-11,15,17-18H,1,9,12-14H2,2H3. The van der Waals surface area contributed by atoms with Crippen molar-refractivity contribution in [1.82, 2.24) is 0 Å². The van der Waals surface area contributed by atoms with E-state index < -0.39 is 12.1 Å². The molecule has 1 aromatic rings. The molecular weight excluding hydrogens is 320 g/mol. The van der Waals surface area contributed by atoms with Crippen LogP contribution in [0.5, 0.6) is 5.75 Å². The summed E-state index contributed by atoms with van der Waals surface area (Å²) in [7, 11) is 0. The summed E-state index contributed by atoms with van der Waals surface area (Å²) in [4.78, 5) is 23.8. The van der Waals surface area contributed by atoms with E-state index in [1.165, 1.54) is 0 Å². The first-order valence-electron chi connectivity index (χ1n) is 8.42. The second kappa shape index (κ2) is 9.67. The first-order valence-corrected chi connectivity index (χ1v) is 8.42. The van der Waals surface area contributed by atoms with Crippen LogP contribution in [0.4, 0.5) is 0 Å². The van der Waals surface area contributed by atoms with E-state index in [1.807, 2.05) is 43.3 Å². The van der Waals surface area contributed by atoms with E-state index in [0.717, 1.165) is 12.5 Å². The molecule has 0 saturated heterocycles. The Bertz CT molecular complexity index is 608. The Balaban J connectivity index is 1.94. The van der Waals surface area contributed by atoms with Crippen molar-refractivity contribution in [1.29, 1.82) is 0 Å². The summed E-state index contributed by atoms with van der Waals surface area (Å²) >= 11 is 0. The third-order valence-corrected chi connectivity index (χ3v) is 4.09. The third-order valence-electron chi connectivity index (χ3n) is 4.09. The van der Waals surface area contributed by atoms with Crippen molar-refractivity contribution < 1.29 is 23.8 Å². The predicted octanol–water partition coefficient (Wildman–Crippen LogP) is 3.31. The van der Waals surface area contributed by atoms with Crippen molar-refractivity contribution in [3.63, 3.8) is 0 Å². The number of hydrogen-bond donors (Lipinski definition) is 0. The van der Waals surface area contributed by atoms with Gasteiger partial charge < -0.3 is 14.2 Å². The summed E-state index contributed by atoms with van der Waals surface area (Å²) in [5.74, 6) is -0.140. The molecule has 0 radical (unpaired) electrons. The van der Waals surface area contributed by atoms with Gasteiger partial charge in [-0.05, 0) is 30.9 Å². The molecular formula is C20H24O5. The maximum atomic E-state index is 12.5. The Kier molecular flexibility index (Phi) is 7.26. The highest BCUT2D eigenvalue weighted by atomic mass is 16.6. The molecule has 3 unspecified atom stereocenters. The average Bonchev–Trinajstić information content (AvgIpc) is 2.64. The van der Waals surface area contributed by atoms with Crippen molar-refractivity contribution in [2.75, 3.05) is 13.2 Å². The van der Waals surface area contributed by atoms with Crippen LogP contribution in [0.1, 0.15) is 19.8 Å². The minimum absolute atomic E-state index is 0.0691. The second-order valence-electron chi connectivity index (χ2n) is 6.04. The first-order chi connectivity index (χ1) is 12.1. The summed E-state index contributed by atoms with van der Waals surface area (Å²) < 4.78 is 16.2. The molecule has 0 heterocycles. The van der Waals surface area contributed by atoms with Crippen molar-refractivity contribution in [3.8, 4) is 5.75 Å². The van der Waals surface area contributed by atoms with Crippen LogP contribution < -0.4 is 4.74 Å². The molecule has 0 aromatic heterocycles. The average molecular weight is 344 g/mol. The van der Waals surface area contributed by atoms with Crippen LogP contribution in [0.15, 0.2) is 55.1 Å². The Morgan fingerprint density at radius 3 is 2.60 bits per heavy atom. The second-order valence-corrected chi connectivity index (χ2v) is 6.04. The number of allylic oxidation sites excluding steroid dienone is 2. The van der Waals surface area contributed by atoms with Gasteiger partial charge in [-0.2, -0.15) is 0 Å². The molecule has 2 rings (SSSR count). The molecule has 5 nitrogen and oxygen atoms in total. The first kappa shape index (κ1) is 18.8. The molecule has 0 saturated carbocycles. The predicted molar refractivity (Wildman–Crippen MR) is 94.0 cm³/mol. The van der Waals surface area contributed by atoms with Crippen LogP contribution in [0.25, 0.3) is 0 Å².